The van der Waals surface area contributed by atoms with Crippen LogP contribution in [0.25, 0.3) is 5.13 Å². The lowest BCUT2D eigenvalue weighted by atomic mass is 9.94. The number of nitrogens with one attached hydrogen (secondary N) is 1. The van der Waals surface area contributed by atoms with Crippen LogP contribution in [0.5, 0.6) is 0 Å². The van der Waals surface area contributed by atoms with Crippen molar-refractivity contribution < 1.29 is 0 Å². The molecule has 31 heavy (non-hydrogen) atoms. The van der Waals surface area contributed by atoms with E-state index in [-0.39, 0.29) is 0 Å². The van der Waals surface area contributed by atoms with Crippen molar-refractivity contribution in [3.8, 4) is 5.13 Å². The number of nitrogens with zero attached hydrogens (tertiary/aromatic N) is 5. The molecule has 0 unspecified atom stereocenters. The molecule has 2 aromatic heterocycles. The number of rotatable bonds is 6. The highest BCUT2D eigenvalue weighted by molar-refractivity contribution is 7.17. The average molecular weight is 437 g/mol. The third-order valence-corrected chi connectivity index (χ3v) is 7.71. The lowest BCUT2D eigenvalue weighted by molar-refractivity contribution is 0.148. The SMILES string of the molecule is Cc1ccccc1NCc1cccn1-c1nnc(N2CCN(C3CCCCC3)CC2)s1. The summed E-state index contributed by atoms with van der Waals surface area (Å²) in [4.78, 5) is 5.12. The fraction of sp³-hybridized carbons (Fsp3) is 0.500. The Hall–Kier alpha value is -2.38. The molecule has 0 amide bonds. The predicted octanol–water partition coefficient (Wildman–Crippen LogP) is 4.70. The average Bonchev–Trinajstić information content (AvgIpc) is 3.49. The Bertz CT molecular complexity index is 981. The molecular formula is C24H32N6S. The minimum Gasteiger partial charge on any atom is -0.379 e. The monoisotopic (exact) mass is 436 g/mol. The number of aromatic nitrogens is 3. The molecule has 7 heteroatoms. The van der Waals surface area contributed by atoms with Gasteiger partial charge in [-0.2, -0.15) is 0 Å². The molecule has 0 atom stereocenters. The normalized spacial score (nSPS) is 18.4. The number of aryl methyl sites for hydroxylation is 1. The first-order valence-corrected chi connectivity index (χ1v) is 12.4. The Morgan fingerprint density at radius 1 is 0.935 bits per heavy atom. The molecule has 1 N–H and O–H groups in total. The van der Waals surface area contributed by atoms with Crippen molar-refractivity contribution in [2.24, 2.45) is 0 Å². The maximum Gasteiger partial charge on any atom is 0.218 e. The molecule has 5 rings (SSSR count). The van der Waals surface area contributed by atoms with Gasteiger partial charge >= 0.3 is 0 Å². The summed E-state index contributed by atoms with van der Waals surface area (Å²) >= 11 is 1.69. The van der Waals surface area contributed by atoms with Gasteiger partial charge in [0.1, 0.15) is 0 Å². The van der Waals surface area contributed by atoms with Crippen LogP contribution >= 0.6 is 11.3 Å². The predicted molar refractivity (Wildman–Crippen MR) is 128 cm³/mol. The second-order valence-electron chi connectivity index (χ2n) is 8.72. The van der Waals surface area contributed by atoms with E-state index in [9.17, 15) is 0 Å². The molecule has 0 radical (unpaired) electrons. The first-order chi connectivity index (χ1) is 15.3. The van der Waals surface area contributed by atoms with Crippen molar-refractivity contribution in [3.63, 3.8) is 0 Å². The van der Waals surface area contributed by atoms with Gasteiger partial charge in [0.15, 0.2) is 0 Å². The van der Waals surface area contributed by atoms with Gasteiger partial charge in [-0.1, -0.05) is 48.8 Å². The second-order valence-corrected chi connectivity index (χ2v) is 9.65. The standard InChI is InChI=1S/C24H32N6S/c1-19-8-5-6-12-22(19)25-18-21-11-7-13-30(21)24-27-26-23(31-24)29-16-14-28(15-17-29)20-9-3-2-4-10-20/h5-8,11-13,20,25H,2-4,9-10,14-18H2,1H3. The van der Waals surface area contributed by atoms with Crippen LogP contribution in [-0.2, 0) is 6.54 Å². The van der Waals surface area contributed by atoms with E-state index in [0.29, 0.717) is 0 Å². The third kappa shape index (κ3) is 4.62. The van der Waals surface area contributed by atoms with E-state index >= 15 is 0 Å². The van der Waals surface area contributed by atoms with Crippen LogP contribution in [-0.4, -0.2) is 51.9 Å². The van der Waals surface area contributed by atoms with Crippen LogP contribution in [0.4, 0.5) is 10.8 Å². The number of para-hydroxylation sites is 1. The minimum atomic E-state index is 0.757. The first kappa shape index (κ1) is 20.5. The molecule has 2 fully saturated rings. The summed E-state index contributed by atoms with van der Waals surface area (Å²) in [5.74, 6) is 0. The largest absolute Gasteiger partial charge is 0.379 e. The van der Waals surface area contributed by atoms with E-state index in [1.165, 1.54) is 49.0 Å². The molecule has 6 nitrogen and oxygen atoms in total. The molecule has 1 aromatic carbocycles. The second kappa shape index (κ2) is 9.40. The van der Waals surface area contributed by atoms with Gasteiger partial charge in [0.05, 0.1) is 6.54 Å². The van der Waals surface area contributed by atoms with Crippen LogP contribution in [0.2, 0.25) is 0 Å². The van der Waals surface area contributed by atoms with Gasteiger partial charge in [-0.05, 0) is 43.5 Å². The number of hydrogen-bond acceptors (Lipinski definition) is 6. The number of anilines is 2. The van der Waals surface area contributed by atoms with Crippen molar-refractivity contribution in [3.05, 3.63) is 53.9 Å². The van der Waals surface area contributed by atoms with E-state index in [2.05, 4.69) is 79.4 Å². The van der Waals surface area contributed by atoms with E-state index in [1.54, 1.807) is 11.3 Å². The molecule has 3 aromatic rings. The van der Waals surface area contributed by atoms with Gasteiger partial charge in [-0.3, -0.25) is 9.47 Å². The van der Waals surface area contributed by atoms with E-state index < -0.39 is 0 Å². The topological polar surface area (TPSA) is 49.2 Å². The van der Waals surface area contributed by atoms with Gasteiger partial charge in [0.25, 0.3) is 0 Å². The summed E-state index contributed by atoms with van der Waals surface area (Å²) in [7, 11) is 0. The highest BCUT2D eigenvalue weighted by Gasteiger charge is 2.26. The summed E-state index contributed by atoms with van der Waals surface area (Å²) < 4.78 is 2.16. The van der Waals surface area contributed by atoms with E-state index in [1.807, 2.05) is 0 Å². The smallest absolute Gasteiger partial charge is 0.218 e. The molecule has 1 aliphatic heterocycles. The van der Waals surface area contributed by atoms with Crippen LogP contribution in [0, 0.1) is 6.92 Å². The molecule has 1 aliphatic carbocycles. The van der Waals surface area contributed by atoms with Crippen LogP contribution in [0.15, 0.2) is 42.6 Å². The molecule has 3 heterocycles. The third-order valence-electron chi connectivity index (χ3n) is 6.72. The fourth-order valence-electron chi connectivity index (χ4n) is 4.86. The van der Waals surface area contributed by atoms with E-state index in [0.717, 1.165) is 49.0 Å². The Kier molecular flexibility index (Phi) is 6.22. The number of piperazine rings is 1. The molecule has 1 saturated carbocycles. The van der Waals surface area contributed by atoms with Crippen molar-refractivity contribution in [1.82, 2.24) is 19.7 Å². The van der Waals surface area contributed by atoms with Gasteiger partial charge in [-0.25, -0.2) is 0 Å². The molecular weight excluding hydrogens is 404 g/mol. The molecule has 0 spiro atoms. The van der Waals surface area contributed by atoms with Crippen molar-refractivity contribution in [2.45, 2.75) is 51.6 Å². The number of benzene rings is 1. The van der Waals surface area contributed by atoms with Crippen LogP contribution < -0.4 is 10.2 Å². The molecule has 1 saturated heterocycles. The maximum atomic E-state index is 4.54. The fourth-order valence-corrected chi connectivity index (χ4v) is 5.78. The summed E-state index contributed by atoms with van der Waals surface area (Å²) in [5, 5.41) is 14.6. The van der Waals surface area contributed by atoms with E-state index in [4.69, 9.17) is 0 Å². The summed E-state index contributed by atoms with van der Waals surface area (Å²) in [6, 6.07) is 13.4. The van der Waals surface area contributed by atoms with Crippen molar-refractivity contribution >= 4 is 22.2 Å². The van der Waals surface area contributed by atoms with Crippen LogP contribution in [0.1, 0.15) is 43.4 Å². The minimum absolute atomic E-state index is 0.757. The van der Waals surface area contributed by atoms with Gasteiger partial charge in [0.2, 0.25) is 10.3 Å². The van der Waals surface area contributed by atoms with Crippen molar-refractivity contribution in [2.75, 3.05) is 36.4 Å². The Morgan fingerprint density at radius 3 is 2.52 bits per heavy atom. The van der Waals surface area contributed by atoms with Gasteiger partial charge in [0, 0.05) is 49.8 Å². The zero-order valence-electron chi connectivity index (χ0n) is 18.3. The Labute approximate surface area is 188 Å². The highest BCUT2D eigenvalue weighted by Crippen LogP contribution is 2.28. The zero-order valence-corrected chi connectivity index (χ0v) is 19.2. The van der Waals surface area contributed by atoms with Crippen molar-refractivity contribution in [1.29, 1.82) is 0 Å². The number of hydrogen-bond donors (Lipinski definition) is 1. The highest BCUT2D eigenvalue weighted by atomic mass is 32.1. The maximum absolute atomic E-state index is 4.54. The first-order valence-electron chi connectivity index (χ1n) is 11.6. The molecule has 2 aliphatic rings. The summed E-state index contributed by atoms with van der Waals surface area (Å²) in [6.45, 7) is 7.29. The lowest BCUT2D eigenvalue weighted by Crippen LogP contribution is -2.50. The Morgan fingerprint density at radius 2 is 1.71 bits per heavy atom. The summed E-state index contributed by atoms with van der Waals surface area (Å²) in [5.41, 5.74) is 3.61. The van der Waals surface area contributed by atoms with Gasteiger partial charge < -0.3 is 10.2 Å². The summed E-state index contributed by atoms with van der Waals surface area (Å²) in [6.07, 6.45) is 9.09. The molecule has 0 bridgehead atoms. The molecule has 164 valence electrons. The Balaban J connectivity index is 1.21. The lowest BCUT2D eigenvalue weighted by Gasteiger charge is -2.40. The quantitative estimate of drug-likeness (QED) is 0.607. The zero-order chi connectivity index (χ0) is 21.0. The van der Waals surface area contributed by atoms with Crippen LogP contribution in [0.3, 0.4) is 0 Å². The van der Waals surface area contributed by atoms with Gasteiger partial charge in [-0.15, -0.1) is 10.2 Å².